The van der Waals surface area contributed by atoms with E-state index in [4.69, 9.17) is 16.8 Å². The topological polar surface area (TPSA) is 57.6 Å². The van der Waals surface area contributed by atoms with E-state index in [2.05, 4.69) is 15.9 Å². The smallest absolute Gasteiger partial charge is 0.278 e. The lowest BCUT2D eigenvalue weighted by atomic mass is 10.3. The first kappa shape index (κ1) is 9.69. The number of amides is 2. The van der Waals surface area contributed by atoms with E-state index >= 15 is 0 Å². The molecule has 1 aliphatic rings. The van der Waals surface area contributed by atoms with E-state index in [1.807, 2.05) is 0 Å². The van der Waals surface area contributed by atoms with E-state index in [0.717, 1.165) is 0 Å². The SMILES string of the molecule is O=C1C(Cl)C(Br)(I)C(=O)N1O. The quantitative estimate of drug-likeness (QED) is 0.304. The second-order valence-electron chi connectivity index (χ2n) is 1.94. The number of hydrogen-bond acceptors (Lipinski definition) is 3. The van der Waals surface area contributed by atoms with Crippen molar-refractivity contribution in [1.29, 1.82) is 0 Å². The molecule has 1 aliphatic heterocycles. The number of nitrogens with zero attached hydrogens (tertiary/aromatic N) is 1. The van der Waals surface area contributed by atoms with Gasteiger partial charge in [0, 0.05) is 0 Å². The predicted molar refractivity (Wildman–Crippen MR) is 49.0 cm³/mol. The van der Waals surface area contributed by atoms with E-state index in [9.17, 15) is 9.59 Å². The summed E-state index contributed by atoms with van der Waals surface area (Å²) >= 11 is 10.1. The normalized spacial score (nSPS) is 38.5. The lowest BCUT2D eigenvalue weighted by Gasteiger charge is -2.10. The van der Waals surface area contributed by atoms with E-state index in [-0.39, 0.29) is 5.06 Å². The number of halogens is 3. The third-order valence-corrected chi connectivity index (χ3v) is 4.25. The molecule has 1 heterocycles. The van der Waals surface area contributed by atoms with Crippen LogP contribution >= 0.6 is 50.1 Å². The lowest BCUT2D eigenvalue weighted by molar-refractivity contribution is -0.170. The average molecular weight is 354 g/mol. The Hall–Kier alpha value is 0.600. The van der Waals surface area contributed by atoms with Gasteiger partial charge in [-0.3, -0.25) is 14.8 Å². The molecule has 1 rings (SSSR count). The molecule has 1 saturated heterocycles. The van der Waals surface area contributed by atoms with Gasteiger partial charge in [0.25, 0.3) is 11.8 Å². The minimum atomic E-state index is -1.21. The first-order valence-electron chi connectivity index (χ1n) is 2.48. The molecule has 2 unspecified atom stereocenters. The number of imide groups is 1. The van der Waals surface area contributed by atoms with Crippen LogP contribution in [-0.2, 0) is 9.59 Å². The number of rotatable bonds is 0. The molecule has 2 atom stereocenters. The van der Waals surface area contributed by atoms with Crippen molar-refractivity contribution in [2.45, 2.75) is 7.71 Å². The Balaban J connectivity index is 3.06. The largest absolute Gasteiger partial charge is 0.282 e. The summed E-state index contributed by atoms with van der Waals surface area (Å²) in [7, 11) is 0. The summed E-state index contributed by atoms with van der Waals surface area (Å²) in [6.07, 6.45) is 0. The summed E-state index contributed by atoms with van der Waals surface area (Å²) < 4.78 is -1.21. The molecular formula is C4H2BrClINO3. The zero-order chi connectivity index (χ0) is 8.81. The zero-order valence-electron chi connectivity index (χ0n) is 4.92. The minimum absolute atomic E-state index is 0.0266. The Labute approximate surface area is 89.1 Å². The molecule has 7 heteroatoms. The molecule has 0 aromatic heterocycles. The number of carbonyl (C=O) groups is 2. The molecule has 0 aromatic rings. The van der Waals surface area contributed by atoms with E-state index in [1.165, 1.54) is 0 Å². The molecule has 2 amide bonds. The van der Waals surface area contributed by atoms with E-state index in [1.54, 1.807) is 22.6 Å². The van der Waals surface area contributed by atoms with Crippen LogP contribution in [-0.4, -0.2) is 29.8 Å². The van der Waals surface area contributed by atoms with Crippen LogP contribution in [0.4, 0.5) is 0 Å². The molecule has 1 fully saturated rings. The van der Waals surface area contributed by atoms with E-state index < -0.39 is 19.5 Å². The van der Waals surface area contributed by atoms with Crippen LogP contribution in [0.1, 0.15) is 0 Å². The molecule has 62 valence electrons. The molecular weight excluding hydrogens is 352 g/mol. The van der Waals surface area contributed by atoms with Gasteiger partial charge in [-0.1, -0.05) is 38.5 Å². The summed E-state index contributed by atoms with van der Waals surface area (Å²) in [5.74, 6) is -1.55. The minimum Gasteiger partial charge on any atom is -0.278 e. The van der Waals surface area contributed by atoms with Gasteiger partial charge in [-0.05, 0) is 0 Å². The van der Waals surface area contributed by atoms with Crippen molar-refractivity contribution in [3.63, 3.8) is 0 Å². The molecule has 1 N–H and O–H groups in total. The fourth-order valence-electron chi connectivity index (χ4n) is 0.612. The Morgan fingerprint density at radius 2 is 2.18 bits per heavy atom. The highest BCUT2D eigenvalue weighted by molar-refractivity contribution is 14.1. The second kappa shape index (κ2) is 2.82. The maximum absolute atomic E-state index is 11.0. The standard InChI is InChI=1S/C4H2BrClINO3/c5-4(7)1(6)2(9)8(11)3(4)10/h1,11H. The van der Waals surface area contributed by atoms with Crippen LogP contribution in [0.15, 0.2) is 0 Å². The van der Waals surface area contributed by atoms with Crippen molar-refractivity contribution in [2.75, 3.05) is 0 Å². The Bertz CT molecular complexity index is 233. The number of carbonyl (C=O) groups excluding carboxylic acids is 2. The maximum Gasteiger partial charge on any atom is 0.282 e. The Morgan fingerprint density at radius 3 is 2.27 bits per heavy atom. The second-order valence-corrected chi connectivity index (χ2v) is 6.81. The highest BCUT2D eigenvalue weighted by atomic mass is 127. The van der Waals surface area contributed by atoms with Crippen LogP contribution in [0.3, 0.4) is 0 Å². The monoisotopic (exact) mass is 353 g/mol. The number of hydrogen-bond donors (Lipinski definition) is 1. The van der Waals surface area contributed by atoms with Crippen LogP contribution in [0.5, 0.6) is 0 Å². The maximum atomic E-state index is 11.0. The first-order chi connectivity index (χ1) is 4.89. The molecule has 0 saturated carbocycles. The summed E-state index contributed by atoms with van der Waals surface area (Å²) in [6, 6.07) is 0. The summed E-state index contributed by atoms with van der Waals surface area (Å²) in [4.78, 5) is 21.8. The van der Waals surface area contributed by atoms with Crippen LogP contribution < -0.4 is 0 Å². The summed E-state index contributed by atoms with van der Waals surface area (Å²) in [6.45, 7) is 0. The van der Waals surface area contributed by atoms with E-state index in [0.29, 0.717) is 0 Å². The Morgan fingerprint density at radius 1 is 1.73 bits per heavy atom. The lowest BCUT2D eigenvalue weighted by Crippen LogP contribution is -2.30. The molecule has 0 radical (unpaired) electrons. The molecule has 0 aromatic carbocycles. The fraction of sp³-hybridized carbons (Fsp3) is 0.500. The zero-order valence-corrected chi connectivity index (χ0v) is 9.42. The predicted octanol–water partition coefficient (Wildman–Crippen LogP) is 0.878. The molecule has 0 spiro atoms. The van der Waals surface area contributed by atoms with Crippen LogP contribution in [0.25, 0.3) is 0 Å². The van der Waals surface area contributed by atoms with Gasteiger partial charge in [0.05, 0.1) is 0 Å². The summed E-state index contributed by atoms with van der Waals surface area (Å²) in [5.41, 5.74) is 0. The fourth-order valence-corrected chi connectivity index (χ4v) is 1.66. The van der Waals surface area contributed by atoms with Gasteiger partial charge in [0.2, 0.25) is 0 Å². The van der Waals surface area contributed by atoms with Gasteiger partial charge in [0.15, 0.2) is 2.33 Å². The van der Waals surface area contributed by atoms with Crippen molar-refractivity contribution in [3.05, 3.63) is 0 Å². The first-order valence-corrected chi connectivity index (χ1v) is 4.79. The van der Waals surface area contributed by atoms with Crippen molar-refractivity contribution < 1.29 is 14.8 Å². The van der Waals surface area contributed by atoms with Gasteiger partial charge in [-0.25, -0.2) is 0 Å². The highest BCUT2D eigenvalue weighted by Gasteiger charge is 2.56. The molecule has 4 nitrogen and oxygen atoms in total. The molecule has 11 heavy (non-hydrogen) atoms. The van der Waals surface area contributed by atoms with Gasteiger partial charge >= 0.3 is 0 Å². The van der Waals surface area contributed by atoms with Crippen molar-refractivity contribution in [2.24, 2.45) is 0 Å². The van der Waals surface area contributed by atoms with Crippen molar-refractivity contribution in [3.8, 4) is 0 Å². The van der Waals surface area contributed by atoms with Gasteiger partial charge < -0.3 is 0 Å². The molecule has 0 bridgehead atoms. The molecule has 0 aliphatic carbocycles. The van der Waals surface area contributed by atoms with Crippen LogP contribution in [0, 0.1) is 0 Å². The number of alkyl halides is 3. The average Bonchev–Trinajstić information content (AvgIpc) is 2.06. The van der Waals surface area contributed by atoms with Crippen molar-refractivity contribution >= 4 is 61.9 Å². The van der Waals surface area contributed by atoms with Crippen molar-refractivity contribution in [1.82, 2.24) is 5.06 Å². The van der Waals surface area contributed by atoms with Crippen LogP contribution in [0.2, 0.25) is 0 Å². The van der Waals surface area contributed by atoms with Gasteiger partial charge in [-0.2, -0.15) is 5.06 Å². The highest BCUT2D eigenvalue weighted by Crippen LogP contribution is 2.41. The Kier molecular flexibility index (Phi) is 2.49. The summed E-state index contributed by atoms with van der Waals surface area (Å²) in [5, 5.41) is 7.76. The van der Waals surface area contributed by atoms with Gasteiger partial charge in [-0.15, -0.1) is 11.6 Å². The third-order valence-electron chi connectivity index (χ3n) is 1.22. The third kappa shape index (κ3) is 1.30. The van der Waals surface area contributed by atoms with Gasteiger partial charge in [0.1, 0.15) is 5.38 Å². The number of hydroxylamine groups is 2.